The second-order valence-electron chi connectivity index (χ2n) is 17.7. The topological polar surface area (TPSA) is 198 Å². The molecule has 4 atom stereocenters. The summed E-state index contributed by atoms with van der Waals surface area (Å²) < 4.78 is 23.2. The quantitative estimate of drug-likeness (QED) is 0.186. The smallest absolute Gasteiger partial charge is 0.255 e. The Balaban J connectivity index is 0.000000176. The van der Waals surface area contributed by atoms with Crippen LogP contribution >= 0.6 is 0 Å². The highest BCUT2D eigenvalue weighted by molar-refractivity contribution is 6.06. The summed E-state index contributed by atoms with van der Waals surface area (Å²) >= 11 is 0. The summed E-state index contributed by atoms with van der Waals surface area (Å²) in [4.78, 5) is 82.9. The van der Waals surface area contributed by atoms with Gasteiger partial charge in [0.2, 0.25) is 23.6 Å². The van der Waals surface area contributed by atoms with E-state index in [0.717, 1.165) is 84.8 Å². The number of benzene rings is 3. The molecule has 65 heavy (non-hydrogen) atoms. The fraction of sp³-hybridized carbons (Fsp3) is 0.438. The van der Waals surface area contributed by atoms with Gasteiger partial charge in [-0.05, 0) is 104 Å². The van der Waals surface area contributed by atoms with Gasteiger partial charge in [0.15, 0.2) is 0 Å². The number of piperidine rings is 2. The lowest BCUT2D eigenvalue weighted by Crippen LogP contribution is -2.52. The zero-order valence-electron chi connectivity index (χ0n) is 35.9. The monoisotopic (exact) mass is 885 g/mol. The van der Waals surface area contributed by atoms with Gasteiger partial charge in [0, 0.05) is 68.6 Å². The third-order valence-electron chi connectivity index (χ3n) is 13.1. The van der Waals surface area contributed by atoms with E-state index in [9.17, 15) is 28.8 Å². The van der Waals surface area contributed by atoms with E-state index in [4.69, 9.17) is 23.9 Å². The van der Waals surface area contributed by atoms with Crippen molar-refractivity contribution < 1.29 is 47.7 Å². The molecule has 5 saturated heterocycles. The number of nitrogens with zero attached hydrogens (tertiary/aromatic N) is 4. The van der Waals surface area contributed by atoms with E-state index in [1.807, 2.05) is 30.3 Å². The van der Waals surface area contributed by atoms with E-state index >= 15 is 0 Å². The minimum Gasteiger partial charge on any atom is -0.489 e. The molecule has 2 unspecified atom stereocenters. The predicted octanol–water partition coefficient (Wildman–Crippen LogP) is 2.75. The van der Waals surface area contributed by atoms with E-state index in [-0.39, 0.29) is 60.7 Å². The summed E-state index contributed by atoms with van der Waals surface area (Å²) in [6.45, 7) is 6.93. The largest absolute Gasteiger partial charge is 0.489 e. The van der Waals surface area contributed by atoms with Crippen LogP contribution in [-0.4, -0.2) is 125 Å². The first-order valence-corrected chi connectivity index (χ1v) is 22.5. The molecule has 11 rings (SSSR count). The molecule has 0 aliphatic carbocycles. The van der Waals surface area contributed by atoms with E-state index in [2.05, 4.69) is 45.1 Å². The first-order valence-electron chi connectivity index (χ1n) is 22.5. The summed E-state index contributed by atoms with van der Waals surface area (Å²) in [7, 11) is 0. The Hall–Kier alpha value is -6.27. The van der Waals surface area contributed by atoms with E-state index in [1.165, 1.54) is 5.56 Å². The van der Waals surface area contributed by atoms with Crippen molar-refractivity contribution in [2.24, 2.45) is 0 Å². The van der Waals surface area contributed by atoms with Crippen LogP contribution in [0.25, 0.3) is 10.9 Å². The van der Waals surface area contributed by atoms with Gasteiger partial charge < -0.3 is 34.1 Å². The van der Waals surface area contributed by atoms with Crippen molar-refractivity contribution in [2.45, 2.75) is 95.2 Å². The van der Waals surface area contributed by atoms with Gasteiger partial charge in [-0.2, -0.15) is 0 Å². The highest BCUT2D eigenvalue weighted by atomic mass is 16.6. The lowest BCUT2D eigenvalue weighted by atomic mass is 10.0. The van der Waals surface area contributed by atoms with Crippen molar-refractivity contribution in [3.63, 3.8) is 0 Å². The third kappa shape index (κ3) is 9.32. The molecule has 4 aromatic rings. The Morgan fingerprint density at radius 3 is 1.91 bits per heavy atom. The lowest BCUT2D eigenvalue weighted by Gasteiger charge is -2.29. The molecule has 6 amide bonds. The minimum atomic E-state index is -0.616. The molecule has 3 aromatic carbocycles. The van der Waals surface area contributed by atoms with Crippen molar-refractivity contribution in [2.75, 3.05) is 39.4 Å². The van der Waals surface area contributed by atoms with Gasteiger partial charge in [0.05, 0.1) is 31.0 Å². The molecule has 8 heterocycles. The first kappa shape index (κ1) is 42.7. The Labute approximate surface area is 375 Å². The Morgan fingerprint density at radius 1 is 0.677 bits per heavy atom. The number of aromatic nitrogens is 1. The number of hydrogen-bond acceptors (Lipinski definition) is 13. The molecule has 17 nitrogen and oxygen atoms in total. The van der Waals surface area contributed by atoms with Crippen LogP contribution in [0.2, 0.25) is 0 Å². The van der Waals surface area contributed by atoms with Crippen LogP contribution in [-0.2, 0) is 54.9 Å². The summed E-state index contributed by atoms with van der Waals surface area (Å²) in [6.07, 6.45) is 3.53. The standard InChI is InChI=1S/C31H32N4O6.C17H19N3O4/c36-29-8-7-28(30(37)33-29)35-14-21-12-23(4-5-26(21)31(35)38)41-24-9-10-34(15-24)13-19-1-6-27-20(11-19)2-3-22(32-27)16-40-25-17-39-18-25;21-15-4-3-14(16(22)19-15)20-9-10-7-11(1-2-13(10)17(20)23)24-12-5-6-18-8-12/h1-6,11-12,24-25,28H,7-10,13-18H2,(H,33,36,37);1-2,7,12,14,18H,3-6,8-9H2,(H,19,21,22)/t24-,28?;12-,14?/m00/s1. The number of likely N-dealkylation sites (tertiary alicyclic amines) is 1. The van der Waals surface area contributed by atoms with Crippen LogP contribution in [0.3, 0.4) is 0 Å². The van der Waals surface area contributed by atoms with E-state index < -0.39 is 18.0 Å². The summed E-state index contributed by atoms with van der Waals surface area (Å²) in [6, 6.07) is 20.4. The van der Waals surface area contributed by atoms with Crippen LogP contribution in [0.1, 0.15) is 81.6 Å². The van der Waals surface area contributed by atoms with E-state index in [1.54, 1.807) is 21.9 Å². The molecule has 0 bridgehead atoms. The van der Waals surface area contributed by atoms with Gasteiger partial charge >= 0.3 is 0 Å². The van der Waals surface area contributed by atoms with Crippen molar-refractivity contribution in [3.8, 4) is 11.5 Å². The summed E-state index contributed by atoms with van der Waals surface area (Å²) in [5.41, 5.74) is 6.05. The number of imide groups is 2. The Kier molecular flexibility index (Phi) is 12.0. The summed E-state index contributed by atoms with van der Waals surface area (Å²) in [5.74, 6) is -0.204. The Bertz CT molecular complexity index is 2560. The first-order chi connectivity index (χ1) is 31.6. The molecule has 0 saturated carbocycles. The van der Waals surface area contributed by atoms with Crippen LogP contribution in [0.4, 0.5) is 0 Å². The molecular formula is C48H51N7O10. The maximum absolute atomic E-state index is 13.0. The van der Waals surface area contributed by atoms with Crippen molar-refractivity contribution in [3.05, 3.63) is 100 Å². The molecule has 3 N–H and O–H groups in total. The number of hydrogen-bond donors (Lipinski definition) is 3. The van der Waals surface area contributed by atoms with Gasteiger partial charge in [-0.3, -0.25) is 49.3 Å². The SMILES string of the molecule is O=C1CCC(N2Cc3cc(O[C@H]4CCN(Cc5ccc6nc(COC7COC7)ccc6c5)C4)ccc3C2=O)C(=O)N1.O=C1CCC(N2Cc3cc(O[C@H]4CCNC4)ccc3C2=O)C(=O)N1. The highest BCUT2D eigenvalue weighted by Gasteiger charge is 2.41. The number of ether oxygens (including phenoxy) is 4. The van der Waals surface area contributed by atoms with Crippen LogP contribution in [0, 0.1) is 0 Å². The highest BCUT2D eigenvalue weighted by Crippen LogP contribution is 2.33. The molecular weight excluding hydrogens is 835 g/mol. The van der Waals surface area contributed by atoms with Crippen molar-refractivity contribution in [1.29, 1.82) is 0 Å². The molecule has 17 heteroatoms. The number of amides is 6. The van der Waals surface area contributed by atoms with Crippen molar-refractivity contribution in [1.82, 2.24) is 35.6 Å². The second-order valence-corrected chi connectivity index (χ2v) is 17.7. The van der Waals surface area contributed by atoms with Gasteiger partial charge in [-0.15, -0.1) is 0 Å². The number of carbonyl (C=O) groups excluding carboxylic acids is 6. The van der Waals surface area contributed by atoms with Crippen LogP contribution in [0.5, 0.6) is 11.5 Å². The average Bonchev–Trinajstić information content (AvgIpc) is 4.08. The lowest BCUT2D eigenvalue weighted by molar-refractivity contribution is -0.138. The van der Waals surface area contributed by atoms with E-state index in [0.29, 0.717) is 56.9 Å². The molecule has 0 spiro atoms. The van der Waals surface area contributed by atoms with Crippen LogP contribution in [0.15, 0.2) is 66.7 Å². The number of carbonyl (C=O) groups is 6. The molecule has 0 radical (unpaired) electrons. The maximum atomic E-state index is 13.0. The van der Waals surface area contributed by atoms with Crippen LogP contribution < -0.4 is 25.4 Å². The molecule has 338 valence electrons. The normalized spacial score (nSPS) is 24.4. The van der Waals surface area contributed by atoms with Gasteiger partial charge in [-0.1, -0.05) is 12.1 Å². The number of pyridine rings is 1. The molecule has 7 aliphatic rings. The zero-order valence-corrected chi connectivity index (χ0v) is 35.9. The molecule has 5 fully saturated rings. The predicted molar refractivity (Wildman–Crippen MR) is 232 cm³/mol. The second kappa shape index (κ2) is 18.3. The fourth-order valence-electron chi connectivity index (χ4n) is 9.57. The number of fused-ring (bicyclic) bond motifs is 3. The van der Waals surface area contributed by atoms with Gasteiger partial charge in [0.1, 0.15) is 41.9 Å². The third-order valence-corrected chi connectivity index (χ3v) is 13.1. The van der Waals surface area contributed by atoms with Gasteiger partial charge in [0.25, 0.3) is 11.8 Å². The van der Waals surface area contributed by atoms with Crippen molar-refractivity contribution >= 4 is 46.3 Å². The average molecular weight is 886 g/mol. The number of rotatable bonds is 11. The minimum absolute atomic E-state index is 0.0575. The van der Waals surface area contributed by atoms with Gasteiger partial charge in [-0.25, -0.2) is 0 Å². The fourth-order valence-corrected chi connectivity index (χ4v) is 9.57. The summed E-state index contributed by atoms with van der Waals surface area (Å²) in [5, 5.41) is 9.02. The zero-order chi connectivity index (χ0) is 44.6. The maximum Gasteiger partial charge on any atom is 0.255 e. The molecule has 7 aliphatic heterocycles. The Morgan fingerprint density at radius 2 is 1.32 bits per heavy atom. The number of nitrogens with one attached hydrogen (secondary N) is 3. The molecule has 1 aromatic heterocycles.